The smallest absolute Gasteiger partial charge is 0.317 e. The molecule has 1 N–H and O–H groups in total. The van der Waals surface area contributed by atoms with Crippen molar-refractivity contribution in [1.29, 1.82) is 0 Å². The molecule has 1 aromatic rings. The Morgan fingerprint density at radius 2 is 2.00 bits per heavy atom. The summed E-state index contributed by atoms with van der Waals surface area (Å²) >= 11 is 0. The van der Waals surface area contributed by atoms with Crippen molar-refractivity contribution in [1.82, 2.24) is 20.0 Å². The monoisotopic (exact) mass is 344 g/mol. The van der Waals surface area contributed by atoms with Gasteiger partial charge in [0.15, 0.2) is 0 Å². The quantitative estimate of drug-likeness (QED) is 0.892. The third-order valence-electron chi connectivity index (χ3n) is 5.74. The Bertz CT molecular complexity index is 564. The second-order valence-electron chi connectivity index (χ2n) is 7.81. The third-order valence-corrected chi connectivity index (χ3v) is 5.74. The SMILES string of the molecule is C[C@H](c1ccccc1)N1CC[C@H](NC(=O)N(C)C[C@@H]2CCN(C)C2)C1. The van der Waals surface area contributed by atoms with E-state index in [1.807, 2.05) is 11.9 Å². The largest absolute Gasteiger partial charge is 0.334 e. The first-order chi connectivity index (χ1) is 12.0. The molecule has 0 spiro atoms. The van der Waals surface area contributed by atoms with Crippen molar-refractivity contribution in [3.05, 3.63) is 35.9 Å². The number of carbonyl (C=O) groups excluding carboxylic acids is 1. The van der Waals surface area contributed by atoms with Gasteiger partial charge in [0.2, 0.25) is 0 Å². The molecule has 25 heavy (non-hydrogen) atoms. The van der Waals surface area contributed by atoms with Crippen molar-refractivity contribution in [2.75, 3.05) is 46.8 Å². The van der Waals surface area contributed by atoms with Crippen molar-refractivity contribution in [2.24, 2.45) is 5.92 Å². The van der Waals surface area contributed by atoms with Gasteiger partial charge >= 0.3 is 6.03 Å². The van der Waals surface area contributed by atoms with Crippen LogP contribution < -0.4 is 5.32 Å². The van der Waals surface area contributed by atoms with Gasteiger partial charge in [0.25, 0.3) is 0 Å². The number of nitrogens with one attached hydrogen (secondary N) is 1. The number of rotatable bonds is 5. The average molecular weight is 345 g/mol. The molecule has 5 heteroatoms. The highest BCUT2D eigenvalue weighted by molar-refractivity contribution is 5.74. The standard InChI is InChI=1S/C20H32N4O/c1-16(18-7-5-4-6-8-18)24-12-10-19(15-24)21-20(25)23(3)14-17-9-11-22(2)13-17/h4-8,16-17,19H,9-15H2,1-3H3,(H,21,25)/t16-,17-,19+/m1/s1. The highest BCUT2D eigenvalue weighted by atomic mass is 16.2. The first-order valence-corrected chi connectivity index (χ1v) is 9.52. The molecular formula is C20H32N4O. The predicted octanol–water partition coefficient (Wildman–Crippen LogP) is 2.42. The lowest BCUT2D eigenvalue weighted by molar-refractivity contribution is 0.194. The minimum atomic E-state index is 0.0776. The van der Waals surface area contributed by atoms with E-state index in [4.69, 9.17) is 0 Å². The average Bonchev–Trinajstić information content (AvgIpc) is 3.24. The third kappa shape index (κ3) is 4.73. The minimum absolute atomic E-state index is 0.0776. The van der Waals surface area contributed by atoms with Gasteiger partial charge in [-0.25, -0.2) is 4.79 Å². The van der Waals surface area contributed by atoms with E-state index in [-0.39, 0.29) is 12.1 Å². The normalized spacial score (nSPS) is 25.9. The Morgan fingerprint density at radius 3 is 2.68 bits per heavy atom. The van der Waals surface area contributed by atoms with Crippen LogP contribution in [0.3, 0.4) is 0 Å². The Kier molecular flexibility index (Phi) is 5.97. The zero-order chi connectivity index (χ0) is 17.8. The fourth-order valence-corrected chi connectivity index (χ4v) is 4.13. The summed E-state index contributed by atoms with van der Waals surface area (Å²) in [5, 5.41) is 3.23. The fourth-order valence-electron chi connectivity index (χ4n) is 4.13. The van der Waals surface area contributed by atoms with E-state index in [0.717, 1.165) is 39.1 Å². The minimum Gasteiger partial charge on any atom is -0.334 e. The van der Waals surface area contributed by atoms with Crippen molar-refractivity contribution in [3.8, 4) is 0 Å². The number of hydrogen-bond acceptors (Lipinski definition) is 3. The van der Waals surface area contributed by atoms with Crippen molar-refractivity contribution in [3.63, 3.8) is 0 Å². The number of likely N-dealkylation sites (tertiary alicyclic amines) is 2. The lowest BCUT2D eigenvalue weighted by Crippen LogP contribution is -2.45. The first-order valence-electron chi connectivity index (χ1n) is 9.52. The summed E-state index contributed by atoms with van der Waals surface area (Å²) in [5.41, 5.74) is 1.34. The molecule has 0 unspecified atom stereocenters. The molecule has 3 rings (SSSR count). The van der Waals surface area contributed by atoms with E-state index in [1.54, 1.807) is 0 Å². The molecule has 0 aliphatic carbocycles. The molecule has 2 aliphatic heterocycles. The number of carbonyl (C=O) groups is 1. The molecular weight excluding hydrogens is 312 g/mol. The zero-order valence-electron chi connectivity index (χ0n) is 15.8. The lowest BCUT2D eigenvalue weighted by Gasteiger charge is -2.26. The molecule has 0 saturated carbocycles. The molecule has 5 nitrogen and oxygen atoms in total. The summed E-state index contributed by atoms with van der Waals surface area (Å²) < 4.78 is 0. The highest BCUT2D eigenvalue weighted by Gasteiger charge is 2.29. The summed E-state index contributed by atoms with van der Waals surface area (Å²) in [5.74, 6) is 0.610. The van der Waals surface area contributed by atoms with E-state index in [2.05, 4.69) is 59.4 Å². The molecule has 0 radical (unpaired) electrons. The van der Waals surface area contributed by atoms with Crippen molar-refractivity contribution >= 4 is 6.03 Å². The van der Waals surface area contributed by atoms with E-state index < -0.39 is 0 Å². The Hall–Kier alpha value is -1.59. The molecule has 2 amide bonds. The maximum Gasteiger partial charge on any atom is 0.317 e. The second kappa shape index (κ2) is 8.19. The van der Waals surface area contributed by atoms with Crippen LogP contribution in [0.2, 0.25) is 0 Å². The summed E-state index contributed by atoms with van der Waals surface area (Å²) in [7, 11) is 4.08. The number of nitrogens with zero attached hydrogens (tertiary/aromatic N) is 3. The molecule has 2 saturated heterocycles. The number of urea groups is 1. The Morgan fingerprint density at radius 1 is 1.24 bits per heavy atom. The van der Waals surface area contributed by atoms with Crippen LogP contribution >= 0.6 is 0 Å². The van der Waals surface area contributed by atoms with Gasteiger partial charge in [-0.15, -0.1) is 0 Å². The Balaban J connectivity index is 1.45. The summed E-state index contributed by atoms with van der Waals surface area (Å²) in [6, 6.07) is 11.3. The molecule has 138 valence electrons. The van der Waals surface area contributed by atoms with Gasteiger partial charge in [0.05, 0.1) is 0 Å². The zero-order valence-corrected chi connectivity index (χ0v) is 15.8. The first kappa shape index (κ1) is 18.2. The van der Waals surface area contributed by atoms with E-state index >= 15 is 0 Å². The van der Waals surface area contributed by atoms with Crippen LogP contribution in [0.15, 0.2) is 30.3 Å². The molecule has 1 aromatic carbocycles. The number of benzene rings is 1. The molecule has 0 bridgehead atoms. The van der Waals surface area contributed by atoms with Gasteiger partial charge in [-0.05, 0) is 44.8 Å². The van der Waals surface area contributed by atoms with Gasteiger partial charge < -0.3 is 15.1 Å². The van der Waals surface area contributed by atoms with Crippen LogP contribution in [0.1, 0.15) is 31.4 Å². The second-order valence-corrected chi connectivity index (χ2v) is 7.81. The number of hydrogen-bond donors (Lipinski definition) is 1. The molecule has 0 aromatic heterocycles. The predicted molar refractivity (Wildman–Crippen MR) is 102 cm³/mol. The summed E-state index contributed by atoms with van der Waals surface area (Å²) in [6.07, 6.45) is 2.23. The van der Waals surface area contributed by atoms with Crippen molar-refractivity contribution in [2.45, 2.75) is 31.8 Å². The molecule has 2 aliphatic rings. The van der Waals surface area contributed by atoms with Crippen LogP contribution in [0.25, 0.3) is 0 Å². The van der Waals surface area contributed by atoms with Gasteiger partial charge in [0.1, 0.15) is 0 Å². The summed E-state index contributed by atoms with van der Waals surface area (Å²) in [4.78, 5) is 19.2. The van der Waals surface area contributed by atoms with Gasteiger partial charge in [0, 0.05) is 45.3 Å². The topological polar surface area (TPSA) is 38.8 Å². The maximum atomic E-state index is 12.5. The van der Waals surface area contributed by atoms with Crippen LogP contribution in [0.4, 0.5) is 4.79 Å². The van der Waals surface area contributed by atoms with E-state index in [1.165, 1.54) is 12.0 Å². The van der Waals surface area contributed by atoms with Crippen LogP contribution in [-0.2, 0) is 0 Å². The molecule has 2 fully saturated rings. The van der Waals surface area contributed by atoms with E-state index in [9.17, 15) is 4.79 Å². The highest BCUT2D eigenvalue weighted by Crippen LogP contribution is 2.24. The molecule has 2 heterocycles. The molecule has 3 atom stereocenters. The van der Waals surface area contributed by atoms with Gasteiger partial charge in [-0.1, -0.05) is 30.3 Å². The van der Waals surface area contributed by atoms with Crippen LogP contribution in [-0.4, -0.2) is 73.6 Å². The fraction of sp³-hybridized carbons (Fsp3) is 0.650. The summed E-state index contributed by atoms with van der Waals surface area (Å²) in [6.45, 7) is 7.33. The van der Waals surface area contributed by atoms with Crippen LogP contribution in [0, 0.1) is 5.92 Å². The maximum absolute atomic E-state index is 12.5. The van der Waals surface area contributed by atoms with Crippen LogP contribution in [0.5, 0.6) is 0 Å². The van der Waals surface area contributed by atoms with Gasteiger partial charge in [-0.3, -0.25) is 4.90 Å². The number of amides is 2. The van der Waals surface area contributed by atoms with E-state index in [0.29, 0.717) is 12.0 Å². The van der Waals surface area contributed by atoms with Crippen molar-refractivity contribution < 1.29 is 4.79 Å². The lowest BCUT2D eigenvalue weighted by atomic mass is 10.1. The Labute approximate surface area is 152 Å². The van der Waals surface area contributed by atoms with Gasteiger partial charge in [-0.2, -0.15) is 0 Å².